The fourth-order valence-corrected chi connectivity index (χ4v) is 3.39. The van der Waals surface area contributed by atoms with Crippen LogP contribution in [-0.2, 0) is 10.3 Å². The molecule has 1 aromatic carbocycles. The van der Waals surface area contributed by atoms with Crippen LogP contribution in [0.15, 0.2) is 11.1 Å². The van der Waals surface area contributed by atoms with Gasteiger partial charge in [-0.25, -0.2) is 4.79 Å². The maximum Gasteiger partial charge on any atom is 0.235 e. The Balaban J connectivity index is 2.75. The summed E-state index contributed by atoms with van der Waals surface area (Å²) in [4.78, 5) is 15.0. The summed E-state index contributed by atoms with van der Waals surface area (Å²) in [6.07, 6.45) is 5.08. The number of ether oxygens (including phenoxy) is 3. The fraction of sp³-hybridized carbons (Fsp3) is 0.533. The van der Waals surface area contributed by atoms with Gasteiger partial charge in [0.1, 0.15) is 5.54 Å². The predicted molar refractivity (Wildman–Crippen MR) is 79.4 cm³/mol. The van der Waals surface area contributed by atoms with Gasteiger partial charge in [-0.05, 0) is 12.8 Å². The molecule has 0 aromatic heterocycles. The third-order valence-electron chi connectivity index (χ3n) is 3.94. The molecule has 0 radical (unpaired) electrons. The van der Waals surface area contributed by atoms with Crippen LogP contribution >= 0.6 is 11.6 Å². The minimum absolute atomic E-state index is 0.449. The minimum Gasteiger partial charge on any atom is -0.493 e. The molecular formula is C15H18ClNO4. The molecule has 21 heavy (non-hydrogen) atoms. The van der Waals surface area contributed by atoms with Gasteiger partial charge in [0.05, 0.1) is 26.4 Å². The number of rotatable bonds is 5. The molecule has 1 aliphatic carbocycles. The smallest absolute Gasteiger partial charge is 0.235 e. The van der Waals surface area contributed by atoms with Gasteiger partial charge >= 0.3 is 0 Å². The molecule has 5 nitrogen and oxygen atoms in total. The number of halogens is 1. The predicted octanol–water partition coefficient (Wildman–Crippen LogP) is 3.47. The molecule has 0 heterocycles. The van der Waals surface area contributed by atoms with E-state index >= 15 is 0 Å². The van der Waals surface area contributed by atoms with E-state index in [4.69, 9.17) is 25.8 Å². The summed E-state index contributed by atoms with van der Waals surface area (Å²) in [7, 11) is 4.59. The molecule has 1 fully saturated rings. The molecule has 0 unspecified atom stereocenters. The van der Waals surface area contributed by atoms with Crippen molar-refractivity contribution < 1.29 is 19.0 Å². The minimum atomic E-state index is -0.691. The SMILES string of the molecule is COc1cc(Cl)c(C2(N=C=O)CCCC2)c(OC)c1OC. The zero-order valence-electron chi connectivity index (χ0n) is 12.4. The number of hydrogen-bond acceptors (Lipinski definition) is 5. The topological polar surface area (TPSA) is 57.1 Å². The Hall–Kier alpha value is -1.71. The van der Waals surface area contributed by atoms with Crippen LogP contribution in [0.1, 0.15) is 31.2 Å². The molecule has 0 atom stereocenters. The molecule has 0 aliphatic heterocycles. The van der Waals surface area contributed by atoms with Crippen LogP contribution in [0.25, 0.3) is 0 Å². The van der Waals surface area contributed by atoms with Crippen molar-refractivity contribution in [2.24, 2.45) is 4.99 Å². The van der Waals surface area contributed by atoms with E-state index in [1.54, 1.807) is 12.1 Å². The number of benzene rings is 1. The van der Waals surface area contributed by atoms with Gasteiger partial charge in [0.25, 0.3) is 0 Å². The van der Waals surface area contributed by atoms with Gasteiger partial charge in [0.2, 0.25) is 11.8 Å². The van der Waals surface area contributed by atoms with Crippen LogP contribution in [0.3, 0.4) is 0 Å². The first kappa shape index (κ1) is 15.7. The van der Waals surface area contributed by atoms with E-state index in [-0.39, 0.29) is 0 Å². The normalized spacial score (nSPS) is 16.2. The lowest BCUT2D eigenvalue weighted by Gasteiger charge is -2.27. The molecule has 0 amide bonds. The van der Waals surface area contributed by atoms with E-state index < -0.39 is 5.54 Å². The van der Waals surface area contributed by atoms with Gasteiger partial charge in [-0.1, -0.05) is 24.4 Å². The van der Waals surface area contributed by atoms with E-state index in [9.17, 15) is 4.79 Å². The summed E-state index contributed by atoms with van der Waals surface area (Å²) < 4.78 is 16.2. The molecule has 6 heteroatoms. The summed E-state index contributed by atoms with van der Waals surface area (Å²) in [5.74, 6) is 1.39. The summed E-state index contributed by atoms with van der Waals surface area (Å²) in [5.41, 5.74) is -0.0193. The van der Waals surface area contributed by atoms with E-state index in [0.717, 1.165) is 25.7 Å². The van der Waals surface area contributed by atoms with Crippen LogP contribution in [0.5, 0.6) is 17.2 Å². The van der Waals surface area contributed by atoms with Crippen molar-refractivity contribution in [3.63, 3.8) is 0 Å². The zero-order chi connectivity index (χ0) is 15.5. The summed E-state index contributed by atoms with van der Waals surface area (Å²) in [6.45, 7) is 0. The highest BCUT2D eigenvalue weighted by atomic mass is 35.5. The van der Waals surface area contributed by atoms with Gasteiger partial charge in [0.15, 0.2) is 11.5 Å². The molecule has 2 rings (SSSR count). The summed E-state index contributed by atoms with van der Waals surface area (Å²) in [5, 5.41) is 0.449. The molecule has 1 saturated carbocycles. The largest absolute Gasteiger partial charge is 0.493 e. The van der Waals surface area contributed by atoms with Crippen molar-refractivity contribution in [2.75, 3.05) is 21.3 Å². The van der Waals surface area contributed by atoms with Gasteiger partial charge < -0.3 is 14.2 Å². The zero-order valence-corrected chi connectivity index (χ0v) is 13.1. The van der Waals surface area contributed by atoms with Crippen LogP contribution in [-0.4, -0.2) is 27.4 Å². The Bertz CT molecular complexity index is 576. The summed E-state index contributed by atoms with van der Waals surface area (Å²) in [6, 6.07) is 1.67. The Morgan fingerprint density at radius 1 is 1.14 bits per heavy atom. The van der Waals surface area contributed by atoms with Gasteiger partial charge in [-0.2, -0.15) is 4.99 Å². The lowest BCUT2D eigenvalue weighted by Crippen LogP contribution is -2.21. The Morgan fingerprint density at radius 2 is 1.76 bits per heavy atom. The Kier molecular flexibility index (Phi) is 4.76. The van der Waals surface area contributed by atoms with Crippen molar-refractivity contribution in [3.05, 3.63) is 16.7 Å². The highest BCUT2D eigenvalue weighted by Gasteiger charge is 2.41. The Morgan fingerprint density at radius 3 is 2.24 bits per heavy atom. The van der Waals surface area contributed by atoms with Crippen molar-refractivity contribution in [2.45, 2.75) is 31.2 Å². The van der Waals surface area contributed by atoms with Crippen LogP contribution < -0.4 is 14.2 Å². The van der Waals surface area contributed by atoms with E-state index in [1.165, 1.54) is 21.3 Å². The number of nitrogens with zero attached hydrogens (tertiary/aromatic N) is 1. The second-order valence-electron chi connectivity index (χ2n) is 4.94. The van der Waals surface area contributed by atoms with Crippen LogP contribution in [0, 0.1) is 0 Å². The van der Waals surface area contributed by atoms with E-state index in [2.05, 4.69) is 4.99 Å². The molecule has 0 saturated heterocycles. The second kappa shape index (κ2) is 6.37. The number of isocyanates is 1. The average Bonchev–Trinajstić information content (AvgIpc) is 2.95. The first-order valence-electron chi connectivity index (χ1n) is 6.71. The number of hydrogen-bond donors (Lipinski definition) is 0. The molecule has 0 bridgehead atoms. The average molecular weight is 312 g/mol. The molecule has 0 spiro atoms. The molecule has 1 aliphatic rings. The molecule has 1 aromatic rings. The first-order chi connectivity index (χ1) is 10.1. The van der Waals surface area contributed by atoms with Crippen LogP contribution in [0.2, 0.25) is 5.02 Å². The number of aliphatic imine (C=N–C) groups is 1. The molecule has 114 valence electrons. The molecule has 0 N–H and O–H groups in total. The summed E-state index contributed by atoms with van der Waals surface area (Å²) >= 11 is 6.42. The second-order valence-corrected chi connectivity index (χ2v) is 5.35. The highest BCUT2D eigenvalue weighted by Crippen LogP contribution is 2.53. The lowest BCUT2D eigenvalue weighted by molar-refractivity contribution is 0.314. The van der Waals surface area contributed by atoms with Crippen molar-refractivity contribution in [3.8, 4) is 17.2 Å². The van der Waals surface area contributed by atoms with Crippen molar-refractivity contribution >= 4 is 17.7 Å². The lowest BCUT2D eigenvalue weighted by atomic mass is 9.87. The van der Waals surface area contributed by atoms with Crippen molar-refractivity contribution in [1.29, 1.82) is 0 Å². The van der Waals surface area contributed by atoms with E-state index in [0.29, 0.717) is 27.8 Å². The van der Waals surface area contributed by atoms with Gasteiger partial charge in [-0.3, -0.25) is 0 Å². The maximum atomic E-state index is 10.9. The van der Waals surface area contributed by atoms with Crippen LogP contribution in [0.4, 0.5) is 0 Å². The van der Waals surface area contributed by atoms with Gasteiger partial charge in [-0.15, -0.1) is 0 Å². The highest BCUT2D eigenvalue weighted by molar-refractivity contribution is 6.32. The molecular weight excluding hydrogens is 294 g/mol. The van der Waals surface area contributed by atoms with Gasteiger partial charge in [0, 0.05) is 11.6 Å². The Labute approximate surface area is 128 Å². The maximum absolute atomic E-state index is 10.9. The van der Waals surface area contributed by atoms with Crippen molar-refractivity contribution in [1.82, 2.24) is 0 Å². The first-order valence-corrected chi connectivity index (χ1v) is 7.09. The van der Waals surface area contributed by atoms with E-state index in [1.807, 2.05) is 0 Å². The monoisotopic (exact) mass is 311 g/mol. The third-order valence-corrected chi connectivity index (χ3v) is 4.24. The number of carbonyl (C=O) groups excluding carboxylic acids is 1. The third kappa shape index (κ3) is 2.59. The standard InChI is InChI=1S/C15H18ClNO4/c1-19-11-8-10(16)12(14(21-3)13(11)20-2)15(17-9-18)6-4-5-7-15/h8H,4-7H2,1-3H3. The quantitative estimate of drug-likeness (QED) is 0.617. The number of methoxy groups -OCH3 is 3. The fourth-order valence-electron chi connectivity index (χ4n) is 3.02.